The van der Waals surface area contributed by atoms with Gasteiger partial charge >= 0.3 is 5.97 Å². The van der Waals surface area contributed by atoms with Crippen LogP contribution in [-0.4, -0.2) is 17.0 Å². The van der Waals surface area contributed by atoms with Crippen molar-refractivity contribution in [3.63, 3.8) is 0 Å². The summed E-state index contributed by atoms with van der Waals surface area (Å²) in [7, 11) is 0. The molecule has 1 aliphatic rings. The summed E-state index contributed by atoms with van der Waals surface area (Å²) in [6.45, 7) is 3.81. The van der Waals surface area contributed by atoms with Crippen molar-refractivity contribution >= 4 is 17.6 Å². The summed E-state index contributed by atoms with van der Waals surface area (Å²) in [5.74, 6) is -1.44. The molecule has 3 N–H and O–H groups in total. The summed E-state index contributed by atoms with van der Waals surface area (Å²) >= 11 is 0. The van der Waals surface area contributed by atoms with Crippen LogP contribution in [-0.2, 0) is 9.59 Å². The number of benzene rings is 1. The number of rotatable bonds is 2. The van der Waals surface area contributed by atoms with Gasteiger partial charge in [0.2, 0.25) is 5.91 Å². The van der Waals surface area contributed by atoms with Gasteiger partial charge in [-0.3, -0.25) is 9.69 Å². The predicted octanol–water partition coefficient (Wildman–Crippen LogP) is 1.30. The minimum absolute atomic E-state index is 0.0150. The normalized spacial score (nSPS) is 15.4. The van der Waals surface area contributed by atoms with Gasteiger partial charge in [-0.1, -0.05) is 12.1 Å². The molecule has 1 aromatic rings. The van der Waals surface area contributed by atoms with Crippen molar-refractivity contribution in [2.45, 2.75) is 20.3 Å². The van der Waals surface area contributed by atoms with Crippen molar-refractivity contribution in [2.24, 2.45) is 5.73 Å². The van der Waals surface area contributed by atoms with Gasteiger partial charge in [0, 0.05) is 0 Å². The number of carboxylic acid groups (broad SMARTS) is 1. The third-order valence-corrected chi connectivity index (χ3v) is 3.20. The first-order valence-corrected chi connectivity index (χ1v) is 5.54. The lowest BCUT2D eigenvalue weighted by atomic mass is 10.1. The first-order valence-electron chi connectivity index (χ1n) is 5.54. The first-order chi connectivity index (χ1) is 8.43. The zero-order valence-electron chi connectivity index (χ0n) is 10.2. The standard InChI is InChI=1S/C13H14N2O3/c1-7-4-3-5-10(8(7)2)15-11(16)6-9(12(15)14)13(17)18/h3-5H,6,14H2,1-2H3,(H,17,18). The smallest absolute Gasteiger partial charge is 0.335 e. The van der Waals surface area contributed by atoms with Crippen LogP contribution in [0.2, 0.25) is 0 Å². The number of hydrogen-bond acceptors (Lipinski definition) is 3. The van der Waals surface area contributed by atoms with Gasteiger partial charge in [0.15, 0.2) is 0 Å². The minimum atomic E-state index is -1.14. The van der Waals surface area contributed by atoms with Crippen molar-refractivity contribution in [3.8, 4) is 0 Å². The number of nitrogens with zero attached hydrogens (tertiary/aromatic N) is 1. The van der Waals surface area contributed by atoms with Crippen LogP contribution >= 0.6 is 0 Å². The van der Waals surface area contributed by atoms with Gasteiger partial charge in [-0.2, -0.15) is 0 Å². The molecule has 1 aromatic carbocycles. The van der Waals surface area contributed by atoms with E-state index in [1.165, 1.54) is 4.90 Å². The van der Waals surface area contributed by atoms with E-state index in [9.17, 15) is 9.59 Å². The second-order valence-corrected chi connectivity index (χ2v) is 4.29. The van der Waals surface area contributed by atoms with E-state index >= 15 is 0 Å². The Balaban J connectivity index is 2.54. The molecule has 0 unspecified atom stereocenters. The molecule has 0 spiro atoms. The fraction of sp³-hybridized carbons (Fsp3) is 0.231. The number of hydrogen-bond donors (Lipinski definition) is 2. The highest BCUT2D eigenvalue weighted by Gasteiger charge is 2.33. The number of aryl methyl sites for hydroxylation is 1. The molecule has 18 heavy (non-hydrogen) atoms. The Morgan fingerprint density at radius 1 is 1.39 bits per heavy atom. The lowest BCUT2D eigenvalue weighted by Gasteiger charge is -2.20. The van der Waals surface area contributed by atoms with E-state index in [0.717, 1.165) is 11.1 Å². The van der Waals surface area contributed by atoms with Crippen LogP contribution in [0, 0.1) is 13.8 Å². The maximum Gasteiger partial charge on any atom is 0.335 e. The van der Waals surface area contributed by atoms with Gasteiger partial charge in [-0.15, -0.1) is 0 Å². The van der Waals surface area contributed by atoms with Crippen molar-refractivity contribution in [2.75, 3.05) is 4.90 Å². The minimum Gasteiger partial charge on any atom is -0.478 e. The predicted molar refractivity (Wildman–Crippen MR) is 66.9 cm³/mol. The zero-order valence-corrected chi connectivity index (χ0v) is 10.2. The molecule has 1 aliphatic heterocycles. The van der Waals surface area contributed by atoms with Crippen molar-refractivity contribution in [1.29, 1.82) is 0 Å². The van der Waals surface area contributed by atoms with Crippen LogP contribution in [0.25, 0.3) is 0 Å². The summed E-state index contributed by atoms with van der Waals surface area (Å²) in [5.41, 5.74) is 8.32. The largest absolute Gasteiger partial charge is 0.478 e. The molecule has 1 heterocycles. The summed E-state index contributed by atoms with van der Waals surface area (Å²) in [6.07, 6.45) is -0.158. The number of carboxylic acids is 1. The van der Waals surface area contributed by atoms with E-state index in [4.69, 9.17) is 10.8 Å². The maximum absolute atomic E-state index is 11.9. The zero-order chi connectivity index (χ0) is 13.4. The van der Waals surface area contributed by atoms with E-state index in [-0.39, 0.29) is 23.7 Å². The molecule has 2 rings (SSSR count). The Hall–Kier alpha value is -2.30. The Labute approximate surface area is 105 Å². The highest BCUT2D eigenvalue weighted by Crippen LogP contribution is 2.31. The van der Waals surface area contributed by atoms with Crippen molar-refractivity contribution in [1.82, 2.24) is 0 Å². The van der Waals surface area contributed by atoms with E-state index in [1.54, 1.807) is 6.07 Å². The Bertz CT molecular complexity index is 576. The quantitative estimate of drug-likeness (QED) is 0.823. The van der Waals surface area contributed by atoms with Gasteiger partial charge in [0.05, 0.1) is 17.7 Å². The molecule has 0 radical (unpaired) electrons. The van der Waals surface area contributed by atoms with Gasteiger partial charge in [-0.05, 0) is 31.0 Å². The molecule has 0 aliphatic carbocycles. The summed E-state index contributed by atoms with van der Waals surface area (Å²) in [6, 6.07) is 5.51. The lowest BCUT2D eigenvalue weighted by molar-refractivity contribution is -0.133. The van der Waals surface area contributed by atoms with Gasteiger partial charge in [0.25, 0.3) is 0 Å². The lowest BCUT2D eigenvalue weighted by Crippen LogP contribution is -2.29. The Morgan fingerprint density at radius 3 is 2.61 bits per heavy atom. The molecule has 0 bridgehead atoms. The van der Waals surface area contributed by atoms with Crippen LogP contribution in [0.5, 0.6) is 0 Å². The number of anilines is 1. The Kier molecular flexibility index (Phi) is 2.82. The number of amides is 1. The van der Waals surface area contributed by atoms with Crippen LogP contribution in [0.15, 0.2) is 29.6 Å². The van der Waals surface area contributed by atoms with Crippen LogP contribution in [0.4, 0.5) is 5.69 Å². The average molecular weight is 246 g/mol. The molecular weight excluding hydrogens is 232 g/mol. The van der Waals surface area contributed by atoms with Crippen molar-refractivity contribution < 1.29 is 14.7 Å². The molecule has 0 saturated carbocycles. The maximum atomic E-state index is 11.9. The number of aliphatic carboxylic acids is 1. The molecule has 0 saturated heterocycles. The van der Waals surface area contributed by atoms with Crippen LogP contribution in [0.3, 0.4) is 0 Å². The molecule has 94 valence electrons. The molecule has 0 fully saturated rings. The number of carbonyl (C=O) groups is 2. The number of carbonyl (C=O) groups excluding carboxylic acids is 1. The molecule has 5 heteroatoms. The molecule has 5 nitrogen and oxygen atoms in total. The summed E-state index contributed by atoms with van der Waals surface area (Å²) < 4.78 is 0. The third kappa shape index (κ3) is 1.73. The second-order valence-electron chi connectivity index (χ2n) is 4.29. The molecule has 0 aromatic heterocycles. The summed E-state index contributed by atoms with van der Waals surface area (Å²) in [4.78, 5) is 24.2. The monoisotopic (exact) mass is 246 g/mol. The van der Waals surface area contributed by atoms with E-state index in [1.807, 2.05) is 26.0 Å². The average Bonchev–Trinajstić information content (AvgIpc) is 2.59. The highest BCUT2D eigenvalue weighted by molar-refractivity contribution is 6.08. The molecule has 1 amide bonds. The van der Waals surface area contributed by atoms with Crippen LogP contribution < -0.4 is 10.6 Å². The van der Waals surface area contributed by atoms with Crippen molar-refractivity contribution in [3.05, 3.63) is 40.7 Å². The van der Waals surface area contributed by atoms with Gasteiger partial charge < -0.3 is 10.8 Å². The van der Waals surface area contributed by atoms with E-state index < -0.39 is 5.97 Å². The van der Waals surface area contributed by atoms with Crippen LogP contribution in [0.1, 0.15) is 17.5 Å². The van der Waals surface area contributed by atoms with E-state index in [0.29, 0.717) is 5.69 Å². The SMILES string of the molecule is Cc1cccc(N2C(=O)CC(C(=O)O)=C2N)c1C. The van der Waals surface area contributed by atoms with Gasteiger partial charge in [0.1, 0.15) is 5.82 Å². The van der Waals surface area contributed by atoms with Gasteiger partial charge in [-0.25, -0.2) is 4.79 Å². The number of nitrogens with two attached hydrogens (primary N) is 1. The second kappa shape index (κ2) is 4.18. The first kappa shape index (κ1) is 12.2. The summed E-state index contributed by atoms with van der Waals surface area (Å²) in [5, 5.41) is 8.97. The fourth-order valence-electron chi connectivity index (χ4n) is 2.02. The third-order valence-electron chi connectivity index (χ3n) is 3.20. The fourth-order valence-corrected chi connectivity index (χ4v) is 2.02. The highest BCUT2D eigenvalue weighted by atomic mass is 16.4. The Morgan fingerprint density at radius 2 is 2.06 bits per heavy atom. The molecular formula is C13H14N2O3. The topological polar surface area (TPSA) is 83.6 Å². The molecule has 0 atom stereocenters. The van der Waals surface area contributed by atoms with E-state index in [2.05, 4.69) is 0 Å².